The summed E-state index contributed by atoms with van der Waals surface area (Å²) in [5.41, 5.74) is -1.18. The zero-order valence-electron chi connectivity index (χ0n) is 13.3. The fourth-order valence-electron chi connectivity index (χ4n) is 3.10. The van der Waals surface area contributed by atoms with Crippen molar-refractivity contribution in [1.29, 1.82) is 0 Å². The quantitative estimate of drug-likeness (QED) is 0.810. The van der Waals surface area contributed by atoms with Crippen LogP contribution < -0.4 is 5.32 Å². The average Bonchev–Trinajstić information content (AvgIpc) is 2.71. The van der Waals surface area contributed by atoms with Gasteiger partial charge < -0.3 is 10.4 Å². The molecule has 0 bridgehead atoms. The Labute approximate surface area is 121 Å². The number of carbonyl (C=O) groups is 2. The molecule has 2 atom stereocenters. The van der Waals surface area contributed by atoms with E-state index in [0.29, 0.717) is 19.4 Å². The van der Waals surface area contributed by atoms with Crippen LogP contribution in [-0.2, 0) is 9.59 Å². The van der Waals surface area contributed by atoms with Crippen LogP contribution >= 0.6 is 0 Å². The molecule has 0 aliphatic carbocycles. The summed E-state index contributed by atoms with van der Waals surface area (Å²) in [5, 5.41) is 12.6. The molecular weight excluding hydrogens is 256 g/mol. The number of aliphatic carboxylic acids is 1. The van der Waals surface area contributed by atoms with Gasteiger partial charge in [0, 0.05) is 12.1 Å². The van der Waals surface area contributed by atoms with Crippen LogP contribution in [-0.4, -0.2) is 45.5 Å². The number of hydrogen-bond donors (Lipinski definition) is 2. The maximum Gasteiger partial charge on any atom is 0.324 e. The van der Waals surface area contributed by atoms with Gasteiger partial charge in [0.15, 0.2) is 0 Å². The third-order valence-electron chi connectivity index (χ3n) is 3.95. The van der Waals surface area contributed by atoms with Crippen LogP contribution in [0.5, 0.6) is 0 Å². The highest BCUT2D eigenvalue weighted by Crippen LogP contribution is 2.35. The van der Waals surface area contributed by atoms with Crippen LogP contribution in [0.2, 0.25) is 0 Å². The first-order valence-corrected chi connectivity index (χ1v) is 7.46. The van der Waals surface area contributed by atoms with E-state index in [0.717, 1.165) is 12.8 Å². The van der Waals surface area contributed by atoms with Gasteiger partial charge in [-0.3, -0.25) is 14.5 Å². The molecule has 0 radical (unpaired) electrons. The van der Waals surface area contributed by atoms with E-state index >= 15 is 0 Å². The molecule has 2 N–H and O–H groups in total. The summed E-state index contributed by atoms with van der Waals surface area (Å²) >= 11 is 0. The first-order valence-electron chi connectivity index (χ1n) is 7.46. The zero-order chi connectivity index (χ0) is 15.6. The van der Waals surface area contributed by atoms with Crippen molar-refractivity contribution in [3.05, 3.63) is 0 Å². The summed E-state index contributed by atoms with van der Waals surface area (Å²) in [7, 11) is 0. The SMILES string of the molecule is CCCC1(C(=O)O)CCCN1C(C)C(=O)NC(C)(C)C. The average molecular weight is 284 g/mol. The summed E-state index contributed by atoms with van der Waals surface area (Å²) in [4.78, 5) is 26.0. The maximum absolute atomic E-state index is 12.3. The van der Waals surface area contributed by atoms with E-state index in [2.05, 4.69) is 5.32 Å². The second kappa shape index (κ2) is 6.12. The molecule has 5 heteroatoms. The number of hydrogen-bond acceptors (Lipinski definition) is 3. The summed E-state index contributed by atoms with van der Waals surface area (Å²) in [5.74, 6) is -0.895. The summed E-state index contributed by atoms with van der Waals surface area (Å²) < 4.78 is 0. The molecule has 5 nitrogen and oxygen atoms in total. The van der Waals surface area contributed by atoms with Gasteiger partial charge in [0.05, 0.1) is 6.04 Å². The second-order valence-electron chi connectivity index (χ2n) is 6.80. The summed E-state index contributed by atoms with van der Waals surface area (Å²) in [6, 6.07) is -0.417. The van der Waals surface area contributed by atoms with Crippen molar-refractivity contribution >= 4 is 11.9 Å². The monoisotopic (exact) mass is 284 g/mol. The van der Waals surface area contributed by atoms with Crippen molar-refractivity contribution in [2.75, 3.05) is 6.54 Å². The minimum absolute atomic E-state index is 0.0962. The molecule has 1 rings (SSSR count). The summed E-state index contributed by atoms with van der Waals surface area (Å²) in [6.45, 7) is 10.3. The molecule has 0 aromatic heterocycles. The third kappa shape index (κ3) is 3.51. The Bertz CT molecular complexity index is 376. The Hall–Kier alpha value is -1.10. The van der Waals surface area contributed by atoms with E-state index in [1.54, 1.807) is 6.92 Å². The lowest BCUT2D eigenvalue weighted by atomic mass is 9.89. The van der Waals surface area contributed by atoms with Gasteiger partial charge >= 0.3 is 5.97 Å². The lowest BCUT2D eigenvalue weighted by Gasteiger charge is -2.39. The molecule has 116 valence electrons. The van der Waals surface area contributed by atoms with Crippen molar-refractivity contribution < 1.29 is 14.7 Å². The topological polar surface area (TPSA) is 69.6 Å². The molecular formula is C15H28N2O3. The highest BCUT2D eigenvalue weighted by molar-refractivity contribution is 5.85. The lowest BCUT2D eigenvalue weighted by molar-refractivity contribution is -0.153. The minimum atomic E-state index is -0.872. The Kier molecular flexibility index (Phi) is 5.19. The number of rotatable bonds is 5. The van der Waals surface area contributed by atoms with Gasteiger partial charge in [0.25, 0.3) is 0 Å². The highest BCUT2D eigenvalue weighted by atomic mass is 16.4. The van der Waals surface area contributed by atoms with Gasteiger partial charge in [0.1, 0.15) is 5.54 Å². The summed E-state index contributed by atoms with van der Waals surface area (Å²) in [6.07, 6.45) is 2.86. The van der Waals surface area contributed by atoms with Crippen LogP contribution in [0.4, 0.5) is 0 Å². The molecule has 0 aromatic carbocycles. The standard InChI is InChI=1S/C15H28N2O3/c1-6-8-15(13(19)20)9-7-10-17(15)11(2)12(18)16-14(3,4)5/h11H,6-10H2,1-5H3,(H,16,18)(H,19,20). The van der Waals surface area contributed by atoms with E-state index in [1.807, 2.05) is 32.6 Å². The lowest BCUT2D eigenvalue weighted by Crippen LogP contribution is -2.59. The Balaban J connectivity index is 2.92. The molecule has 20 heavy (non-hydrogen) atoms. The third-order valence-corrected chi connectivity index (χ3v) is 3.95. The van der Waals surface area contributed by atoms with Crippen LogP contribution in [0, 0.1) is 0 Å². The molecule has 1 amide bonds. The highest BCUT2D eigenvalue weighted by Gasteiger charge is 2.50. The second-order valence-corrected chi connectivity index (χ2v) is 6.80. The fourth-order valence-corrected chi connectivity index (χ4v) is 3.10. The minimum Gasteiger partial charge on any atom is -0.480 e. The van der Waals surface area contributed by atoms with Crippen LogP contribution in [0.1, 0.15) is 60.3 Å². The van der Waals surface area contributed by atoms with Gasteiger partial charge in [0.2, 0.25) is 5.91 Å². The van der Waals surface area contributed by atoms with Crippen LogP contribution in [0.15, 0.2) is 0 Å². The normalized spacial score (nSPS) is 25.4. The number of carboxylic acids is 1. The number of likely N-dealkylation sites (tertiary alicyclic amines) is 1. The number of carboxylic acid groups (broad SMARTS) is 1. The van der Waals surface area contributed by atoms with Crippen molar-refractivity contribution in [3.63, 3.8) is 0 Å². The largest absolute Gasteiger partial charge is 0.480 e. The van der Waals surface area contributed by atoms with E-state index in [4.69, 9.17) is 0 Å². The fraction of sp³-hybridized carbons (Fsp3) is 0.867. The molecule has 0 saturated carbocycles. The first-order chi connectivity index (χ1) is 9.14. The predicted molar refractivity (Wildman–Crippen MR) is 78.6 cm³/mol. The Morgan fingerprint density at radius 2 is 2.00 bits per heavy atom. The van der Waals surface area contributed by atoms with E-state index in [-0.39, 0.29) is 11.4 Å². The molecule has 0 spiro atoms. The van der Waals surface area contributed by atoms with Gasteiger partial charge in [-0.2, -0.15) is 0 Å². The van der Waals surface area contributed by atoms with E-state index < -0.39 is 17.6 Å². The molecule has 1 aliphatic heterocycles. The molecule has 1 fully saturated rings. The molecule has 2 unspecified atom stereocenters. The van der Waals surface area contributed by atoms with Crippen LogP contribution in [0.3, 0.4) is 0 Å². The van der Waals surface area contributed by atoms with Crippen molar-refractivity contribution in [2.24, 2.45) is 0 Å². The van der Waals surface area contributed by atoms with E-state index in [9.17, 15) is 14.7 Å². The predicted octanol–water partition coefficient (Wildman–Crippen LogP) is 2.01. The number of nitrogens with zero attached hydrogens (tertiary/aromatic N) is 1. The molecule has 1 heterocycles. The van der Waals surface area contributed by atoms with Crippen molar-refractivity contribution in [3.8, 4) is 0 Å². The van der Waals surface area contributed by atoms with Gasteiger partial charge in [-0.1, -0.05) is 13.3 Å². The van der Waals surface area contributed by atoms with Gasteiger partial charge in [-0.25, -0.2) is 0 Å². The number of amides is 1. The first kappa shape index (κ1) is 17.0. The zero-order valence-corrected chi connectivity index (χ0v) is 13.3. The van der Waals surface area contributed by atoms with Crippen LogP contribution in [0.25, 0.3) is 0 Å². The van der Waals surface area contributed by atoms with Gasteiger partial charge in [-0.15, -0.1) is 0 Å². The Morgan fingerprint density at radius 3 is 2.45 bits per heavy atom. The number of carbonyl (C=O) groups excluding carboxylic acids is 1. The van der Waals surface area contributed by atoms with Crippen molar-refractivity contribution in [2.45, 2.75) is 77.4 Å². The Morgan fingerprint density at radius 1 is 1.40 bits per heavy atom. The maximum atomic E-state index is 12.3. The van der Waals surface area contributed by atoms with Gasteiger partial charge in [-0.05, 0) is 47.0 Å². The molecule has 0 aromatic rings. The van der Waals surface area contributed by atoms with E-state index in [1.165, 1.54) is 0 Å². The smallest absolute Gasteiger partial charge is 0.324 e. The number of nitrogens with one attached hydrogen (secondary N) is 1. The molecule has 1 aliphatic rings. The van der Waals surface area contributed by atoms with Crippen molar-refractivity contribution in [1.82, 2.24) is 10.2 Å². The molecule has 1 saturated heterocycles.